The van der Waals surface area contributed by atoms with Crippen LogP contribution < -0.4 is 0 Å². The predicted octanol–water partition coefficient (Wildman–Crippen LogP) is 4.63. The zero-order valence-electron chi connectivity index (χ0n) is 12.8. The Hall–Kier alpha value is -0.0800. The predicted molar refractivity (Wildman–Crippen MR) is 80.9 cm³/mol. The number of aliphatic hydroxyl groups is 2. The van der Waals surface area contributed by atoms with Gasteiger partial charge in [0.1, 0.15) is 0 Å². The van der Waals surface area contributed by atoms with E-state index in [1.165, 1.54) is 64.2 Å². The van der Waals surface area contributed by atoms with Crippen molar-refractivity contribution in [3.63, 3.8) is 0 Å². The van der Waals surface area contributed by atoms with Crippen LogP contribution in [0.1, 0.15) is 90.4 Å². The summed E-state index contributed by atoms with van der Waals surface area (Å²) in [5.74, 6) is 1.98. The molecular weight excluding hydrogens is 236 g/mol. The van der Waals surface area contributed by atoms with Crippen LogP contribution >= 0.6 is 0 Å². The fourth-order valence-electron chi connectivity index (χ4n) is 3.50. The first-order valence-corrected chi connectivity index (χ1v) is 8.58. The van der Waals surface area contributed by atoms with Crippen molar-refractivity contribution >= 4 is 0 Å². The fraction of sp³-hybridized carbons (Fsp3) is 1.00. The third-order valence-corrected chi connectivity index (χ3v) is 4.69. The van der Waals surface area contributed by atoms with E-state index in [1.54, 1.807) is 0 Å². The van der Waals surface area contributed by atoms with Gasteiger partial charge in [0.15, 0.2) is 6.29 Å². The van der Waals surface area contributed by atoms with Gasteiger partial charge in [-0.3, -0.25) is 0 Å². The summed E-state index contributed by atoms with van der Waals surface area (Å²) >= 11 is 0. The van der Waals surface area contributed by atoms with Crippen LogP contribution in [-0.2, 0) is 0 Å². The van der Waals surface area contributed by atoms with Gasteiger partial charge in [-0.25, -0.2) is 0 Å². The minimum absolute atomic E-state index is 0.546. The van der Waals surface area contributed by atoms with Gasteiger partial charge in [0.2, 0.25) is 0 Å². The molecule has 0 aliphatic heterocycles. The highest BCUT2D eigenvalue weighted by Gasteiger charge is 2.23. The van der Waals surface area contributed by atoms with Gasteiger partial charge < -0.3 is 10.2 Å². The molecule has 2 nitrogen and oxygen atoms in total. The average molecular weight is 270 g/mol. The van der Waals surface area contributed by atoms with E-state index < -0.39 is 6.29 Å². The lowest BCUT2D eigenvalue weighted by Crippen LogP contribution is -2.03. The largest absolute Gasteiger partial charge is 0.368 e. The van der Waals surface area contributed by atoms with Gasteiger partial charge in [0, 0.05) is 0 Å². The van der Waals surface area contributed by atoms with Crippen LogP contribution in [0.25, 0.3) is 0 Å². The molecule has 0 saturated heterocycles. The number of hydrogen-bond donors (Lipinski definition) is 2. The highest BCUT2D eigenvalue weighted by atomic mass is 16.5. The smallest absolute Gasteiger partial charge is 0.151 e. The Morgan fingerprint density at radius 2 is 1.42 bits per heavy atom. The third-order valence-electron chi connectivity index (χ3n) is 4.69. The Morgan fingerprint density at radius 1 is 0.842 bits per heavy atom. The monoisotopic (exact) mass is 270 g/mol. The van der Waals surface area contributed by atoms with E-state index >= 15 is 0 Å². The molecule has 2 unspecified atom stereocenters. The molecular formula is C17H34O2. The molecule has 19 heavy (non-hydrogen) atoms. The highest BCUT2D eigenvalue weighted by Crippen LogP contribution is 2.37. The Kier molecular flexibility index (Phi) is 9.54. The number of rotatable bonds is 11. The molecule has 114 valence electrons. The first-order valence-electron chi connectivity index (χ1n) is 8.58. The van der Waals surface area contributed by atoms with Crippen molar-refractivity contribution < 1.29 is 10.2 Å². The van der Waals surface area contributed by atoms with Crippen molar-refractivity contribution in [3.8, 4) is 0 Å². The van der Waals surface area contributed by atoms with Crippen molar-refractivity contribution in [2.75, 3.05) is 0 Å². The van der Waals surface area contributed by atoms with Crippen LogP contribution in [0.3, 0.4) is 0 Å². The Morgan fingerprint density at radius 3 is 1.95 bits per heavy atom. The topological polar surface area (TPSA) is 40.5 Å². The van der Waals surface area contributed by atoms with E-state index in [4.69, 9.17) is 10.2 Å². The van der Waals surface area contributed by atoms with Gasteiger partial charge in [-0.1, -0.05) is 71.1 Å². The summed E-state index contributed by atoms with van der Waals surface area (Å²) in [6.07, 6.45) is 15.7. The van der Waals surface area contributed by atoms with Crippen LogP contribution in [0.5, 0.6) is 0 Å². The van der Waals surface area contributed by atoms with Crippen molar-refractivity contribution in [2.24, 2.45) is 11.8 Å². The molecule has 2 atom stereocenters. The summed E-state index contributed by atoms with van der Waals surface area (Å²) < 4.78 is 0. The van der Waals surface area contributed by atoms with E-state index in [1.807, 2.05) is 0 Å². The molecule has 1 aliphatic carbocycles. The van der Waals surface area contributed by atoms with Crippen molar-refractivity contribution in [1.82, 2.24) is 0 Å². The van der Waals surface area contributed by atoms with Crippen LogP contribution in [0, 0.1) is 11.8 Å². The molecule has 0 aromatic carbocycles. The van der Waals surface area contributed by atoms with Gasteiger partial charge in [-0.15, -0.1) is 0 Å². The lowest BCUT2D eigenvalue weighted by Gasteiger charge is -2.11. The van der Waals surface area contributed by atoms with Gasteiger partial charge in [-0.2, -0.15) is 0 Å². The fourth-order valence-corrected chi connectivity index (χ4v) is 3.50. The maximum absolute atomic E-state index is 8.77. The molecule has 0 aromatic heterocycles. The normalized spacial score (nSPS) is 23.4. The van der Waals surface area contributed by atoms with Gasteiger partial charge >= 0.3 is 0 Å². The minimum atomic E-state index is -1.10. The summed E-state index contributed by atoms with van der Waals surface area (Å²) in [6, 6.07) is 0. The first-order chi connectivity index (χ1) is 9.22. The second-order valence-electron chi connectivity index (χ2n) is 6.51. The van der Waals surface area contributed by atoms with E-state index in [2.05, 4.69) is 6.92 Å². The Labute approximate surface area is 119 Å². The van der Waals surface area contributed by atoms with E-state index in [0.29, 0.717) is 6.42 Å². The molecule has 0 spiro atoms. The minimum Gasteiger partial charge on any atom is -0.368 e. The summed E-state index contributed by atoms with van der Waals surface area (Å²) in [4.78, 5) is 0. The van der Waals surface area contributed by atoms with Gasteiger partial charge in [-0.05, 0) is 31.1 Å². The number of hydrogen-bond acceptors (Lipinski definition) is 2. The van der Waals surface area contributed by atoms with Crippen LogP contribution in [0.15, 0.2) is 0 Å². The zero-order chi connectivity index (χ0) is 13.9. The second-order valence-corrected chi connectivity index (χ2v) is 6.51. The van der Waals surface area contributed by atoms with Crippen molar-refractivity contribution in [2.45, 2.75) is 96.7 Å². The maximum atomic E-state index is 8.77. The van der Waals surface area contributed by atoms with E-state index in [9.17, 15) is 0 Å². The standard InChI is InChI=1S/C17H34O2/c1-2-3-4-6-9-15-12-13-16(14-15)10-7-5-8-11-17(18)19/h15-19H,2-14H2,1H3. The molecule has 2 N–H and O–H groups in total. The lowest BCUT2D eigenvalue weighted by molar-refractivity contribution is -0.0466. The lowest BCUT2D eigenvalue weighted by atomic mass is 9.95. The van der Waals surface area contributed by atoms with E-state index in [0.717, 1.165) is 24.7 Å². The molecule has 0 amide bonds. The van der Waals surface area contributed by atoms with Crippen molar-refractivity contribution in [3.05, 3.63) is 0 Å². The summed E-state index contributed by atoms with van der Waals surface area (Å²) in [6.45, 7) is 2.28. The highest BCUT2D eigenvalue weighted by molar-refractivity contribution is 4.75. The summed E-state index contributed by atoms with van der Waals surface area (Å²) in [5.41, 5.74) is 0. The molecule has 1 aliphatic rings. The average Bonchev–Trinajstić information content (AvgIpc) is 2.82. The zero-order valence-corrected chi connectivity index (χ0v) is 12.8. The first kappa shape index (κ1) is 17.0. The molecule has 1 saturated carbocycles. The Balaban J connectivity index is 1.93. The molecule has 0 radical (unpaired) electrons. The van der Waals surface area contributed by atoms with Crippen LogP contribution in [0.4, 0.5) is 0 Å². The summed E-state index contributed by atoms with van der Waals surface area (Å²) in [5, 5.41) is 17.5. The molecule has 0 heterocycles. The Bertz CT molecular complexity index is 203. The molecule has 2 heteroatoms. The quantitative estimate of drug-likeness (QED) is 0.424. The number of unbranched alkanes of at least 4 members (excludes halogenated alkanes) is 5. The number of aliphatic hydroxyl groups excluding tert-OH is 1. The maximum Gasteiger partial charge on any atom is 0.151 e. The van der Waals surface area contributed by atoms with E-state index in [-0.39, 0.29) is 0 Å². The molecule has 1 fully saturated rings. The summed E-state index contributed by atoms with van der Waals surface area (Å²) in [7, 11) is 0. The molecule has 1 rings (SSSR count). The second kappa shape index (κ2) is 10.7. The van der Waals surface area contributed by atoms with Gasteiger partial charge in [0.25, 0.3) is 0 Å². The molecule has 0 bridgehead atoms. The van der Waals surface area contributed by atoms with Crippen molar-refractivity contribution in [1.29, 1.82) is 0 Å². The molecule has 0 aromatic rings. The SMILES string of the molecule is CCCCCCC1CCC(CCCCCC(O)O)C1. The third kappa shape index (κ3) is 8.65. The van der Waals surface area contributed by atoms with Crippen LogP contribution in [0.2, 0.25) is 0 Å². The van der Waals surface area contributed by atoms with Crippen LogP contribution in [-0.4, -0.2) is 16.5 Å². The van der Waals surface area contributed by atoms with Gasteiger partial charge in [0.05, 0.1) is 0 Å².